The molecule has 73 heavy (non-hydrogen) atoms. The minimum absolute atomic E-state index is 0.0572. The van der Waals surface area contributed by atoms with Gasteiger partial charge in [0.15, 0.2) is 0 Å². The summed E-state index contributed by atoms with van der Waals surface area (Å²) in [4.78, 5) is 23.3. The zero-order valence-electron chi connectivity index (χ0n) is 47.8. The second kappa shape index (κ2) is 54.0. The van der Waals surface area contributed by atoms with Crippen molar-refractivity contribution in [2.45, 2.75) is 251 Å². The van der Waals surface area contributed by atoms with Crippen LogP contribution in [0.3, 0.4) is 0 Å². The Balaban J connectivity index is 4.09. The summed E-state index contributed by atoms with van der Waals surface area (Å²) in [5.41, 5.74) is 0. The van der Waals surface area contributed by atoms with Crippen LogP contribution in [0.4, 0.5) is 0 Å². The fourth-order valence-electron chi connectivity index (χ4n) is 8.12. The lowest BCUT2D eigenvalue weighted by atomic mass is 10.0. The van der Waals surface area contributed by atoms with E-state index in [-0.39, 0.29) is 19.1 Å². The number of nitrogens with zero attached hydrogens (tertiary/aromatic N) is 1. The molecule has 0 fully saturated rings. The molecular weight excluding hydrogens is 924 g/mol. The number of nitrogens with one attached hydrogen (secondary N) is 1. The predicted octanol–water partition coefficient (Wildman–Crippen LogP) is 18.4. The van der Waals surface area contributed by atoms with Crippen molar-refractivity contribution in [2.24, 2.45) is 0 Å². The molecule has 0 aromatic heterocycles. The number of carbonyl (C=O) groups excluding carboxylic acids is 1. The lowest BCUT2D eigenvalue weighted by Gasteiger charge is -2.25. The summed E-state index contributed by atoms with van der Waals surface area (Å²) in [6.07, 6.45) is 79.1. The highest BCUT2D eigenvalue weighted by Gasteiger charge is 2.27. The van der Waals surface area contributed by atoms with Crippen LogP contribution in [0, 0.1) is 0 Å². The quantitative estimate of drug-likeness (QED) is 0.0243. The second-order valence-electron chi connectivity index (χ2n) is 21.0. The SMILES string of the molecule is CC/C=C\C/C=C\C/C=C\C/C=C\C/C=C\C/C=C\C/C=C\C/C=C\CCCCCCCCCCCCCCC(=O)NC(COP(=O)(O)OCC[N+](C)(C)C)C(O)/C=C/CCCCCCCCCCCCCC. The lowest BCUT2D eigenvalue weighted by molar-refractivity contribution is -0.870. The first-order chi connectivity index (χ1) is 35.5. The normalized spacial score (nSPS) is 14.7. The third-order valence-corrected chi connectivity index (χ3v) is 13.7. The Kier molecular flexibility index (Phi) is 51.9. The molecule has 420 valence electrons. The predicted molar refractivity (Wildman–Crippen MR) is 318 cm³/mol. The molecule has 9 heteroatoms. The van der Waals surface area contributed by atoms with Gasteiger partial charge in [-0.3, -0.25) is 13.8 Å². The molecule has 8 nitrogen and oxygen atoms in total. The van der Waals surface area contributed by atoms with Crippen LogP contribution < -0.4 is 5.32 Å². The molecule has 3 N–H and O–H groups in total. The van der Waals surface area contributed by atoms with Gasteiger partial charge < -0.3 is 19.8 Å². The molecule has 0 aromatic rings. The van der Waals surface area contributed by atoms with Gasteiger partial charge in [0.1, 0.15) is 13.2 Å². The fourth-order valence-corrected chi connectivity index (χ4v) is 8.85. The number of hydrogen-bond acceptors (Lipinski definition) is 5. The van der Waals surface area contributed by atoms with Gasteiger partial charge in [0.05, 0.1) is 39.9 Å². The number of phosphoric ester groups is 1. The maximum absolute atomic E-state index is 13.0. The van der Waals surface area contributed by atoms with E-state index in [0.29, 0.717) is 17.4 Å². The van der Waals surface area contributed by atoms with Crippen molar-refractivity contribution in [1.29, 1.82) is 0 Å². The number of aliphatic hydroxyl groups is 1. The number of unbranched alkanes of at least 4 members (excludes halogenated alkanes) is 24. The number of carbonyl (C=O) groups is 1. The van der Waals surface area contributed by atoms with Crippen LogP contribution in [0.25, 0.3) is 0 Å². The van der Waals surface area contributed by atoms with Crippen LogP contribution in [-0.2, 0) is 18.4 Å². The monoisotopic (exact) mass is 1040 g/mol. The van der Waals surface area contributed by atoms with Crippen molar-refractivity contribution in [2.75, 3.05) is 40.9 Å². The fraction of sp³-hybridized carbons (Fsp3) is 0.703. The molecule has 0 radical (unpaired) electrons. The molecule has 3 unspecified atom stereocenters. The van der Waals surface area contributed by atoms with E-state index in [9.17, 15) is 19.4 Å². The summed E-state index contributed by atoms with van der Waals surface area (Å²) < 4.78 is 23.7. The van der Waals surface area contributed by atoms with Crippen LogP contribution in [0.15, 0.2) is 109 Å². The number of amides is 1. The van der Waals surface area contributed by atoms with Crippen LogP contribution >= 0.6 is 7.82 Å². The molecule has 0 aliphatic carbocycles. The van der Waals surface area contributed by atoms with Crippen molar-refractivity contribution in [3.8, 4) is 0 Å². The average Bonchev–Trinajstić information content (AvgIpc) is 3.35. The van der Waals surface area contributed by atoms with E-state index in [4.69, 9.17) is 9.05 Å². The minimum Gasteiger partial charge on any atom is -0.387 e. The summed E-state index contributed by atoms with van der Waals surface area (Å²) >= 11 is 0. The molecule has 0 heterocycles. The first-order valence-electron chi connectivity index (χ1n) is 29.8. The van der Waals surface area contributed by atoms with Gasteiger partial charge in [-0.05, 0) is 83.5 Å². The lowest BCUT2D eigenvalue weighted by Crippen LogP contribution is -2.45. The van der Waals surface area contributed by atoms with E-state index in [1.807, 2.05) is 27.2 Å². The largest absolute Gasteiger partial charge is 0.472 e. The smallest absolute Gasteiger partial charge is 0.387 e. The minimum atomic E-state index is -4.35. The van der Waals surface area contributed by atoms with E-state index in [2.05, 4.69) is 116 Å². The van der Waals surface area contributed by atoms with E-state index in [1.165, 1.54) is 128 Å². The van der Waals surface area contributed by atoms with Crippen molar-refractivity contribution in [3.05, 3.63) is 109 Å². The molecule has 0 aromatic carbocycles. The molecule has 0 bridgehead atoms. The number of allylic oxidation sites excluding steroid dienone is 17. The highest BCUT2D eigenvalue weighted by molar-refractivity contribution is 7.47. The average molecular weight is 1040 g/mol. The van der Waals surface area contributed by atoms with Crippen molar-refractivity contribution < 1.29 is 32.9 Å². The molecular formula is C64H114N2O6P+. The van der Waals surface area contributed by atoms with Crippen molar-refractivity contribution >= 4 is 13.7 Å². The maximum atomic E-state index is 13.0. The highest BCUT2D eigenvalue weighted by Crippen LogP contribution is 2.43. The van der Waals surface area contributed by atoms with Crippen LogP contribution in [0.1, 0.15) is 239 Å². The van der Waals surface area contributed by atoms with Gasteiger partial charge in [-0.15, -0.1) is 0 Å². The van der Waals surface area contributed by atoms with Gasteiger partial charge in [-0.1, -0.05) is 258 Å². The molecule has 0 saturated carbocycles. The topological polar surface area (TPSA) is 105 Å². The Morgan fingerprint density at radius 1 is 0.479 bits per heavy atom. The van der Waals surface area contributed by atoms with E-state index in [1.54, 1.807) is 6.08 Å². The summed E-state index contributed by atoms with van der Waals surface area (Å²) in [5.74, 6) is -0.183. The second-order valence-corrected chi connectivity index (χ2v) is 22.4. The van der Waals surface area contributed by atoms with Gasteiger partial charge in [0.25, 0.3) is 0 Å². The zero-order chi connectivity index (χ0) is 53.5. The molecule has 0 aliphatic rings. The summed E-state index contributed by atoms with van der Waals surface area (Å²) in [7, 11) is 1.56. The summed E-state index contributed by atoms with van der Waals surface area (Å²) in [5, 5.41) is 13.9. The Hall–Kier alpha value is -2.84. The first kappa shape index (κ1) is 70.2. The molecule has 0 spiro atoms. The number of likely N-dealkylation sites (N-methyl/N-ethyl adjacent to an activating group) is 1. The van der Waals surface area contributed by atoms with Gasteiger partial charge >= 0.3 is 7.82 Å². The van der Waals surface area contributed by atoms with E-state index >= 15 is 0 Å². The third kappa shape index (κ3) is 56.7. The Labute approximate surface area is 451 Å². The molecule has 0 saturated heterocycles. The number of quaternary nitrogens is 1. The first-order valence-corrected chi connectivity index (χ1v) is 31.3. The van der Waals surface area contributed by atoms with Gasteiger partial charge in [0.2, 0.25) is 5.91 Å². The van der Waals surface area contributed by atoms with Crippen LogP contribution in [0.2, 0.25) is 0 Å². The van der Waals surface area contributed by atoms with Crippen molar-refractivity contribution in [3.63, 3.8) is 0 Å². The number of hydrogen-bond donors (Lipinski definition) is 3. The number of aliphatic hydroxyl groups excluding tert-OH is 1. The van der Waals surface area contributed by atoms with Gasteiger partial charge in [-0.25, -0.2) is 4.57 Å². The molecule has 0 aliphatic heterocycles. The Morgan fingerprint density at radius 3 is 1.21 bits per heavy atom. The van der Waals surface area contributed by atoms with E-state index in [0.717, 1.165) is 89.9 Å². The van der Waals surface area contributed by atoms with Crippen LogP contribution in [-0.4, -0.2) is 73.4 Å². The van der Waals surface area contributed by atoms with E-state index < -0.39 is 20.0 Å². The number of rotatable bonds is 53. The molecule has 0 rings (SSSR count). The molecule has 1 amide bonds. The number of phosphoric acid groups is 1. The Bertz CT molecular complexity index is 1550. The summed E-state index contributed by atoms with van der Waals surface area (Å²) in [6.45, 7) is 4.69. The Morgan fingerprint density at radius 2 is 0.822 bits per heavy atom. The highest BCUT2D eigenvalue weighted by atomic mass is 31.2. The summed E-state index contributed by atoms with van der Waals surface area (Å²) in [6, 6.07) is -0.853. The van der Waals surface area contributed by atoms with Crippen molar-refractivity contribution in [1.82, 2.24) is 5.32 Å². The van der Waals surface area contributed by atoms with Gasteiger partial charge in [0, 0.05) is 6.42 Å². The zero-order valence-corrected chi connectivity index (χ0v) is 48.7. The molecule has 3 atom stereocenters. The standard InChI is InChI=1S/C64H113N2O6P/c1-6-8-10-12-14-16-18-20-22-23-24-25-26-27-28-29-30-31-32-33-34-35-36-37-38-39-40-41-42-43-44-46-48-50-52-54-56-58-64(68)65-62(61-72-73(69,70)71-60-59-66(3,4)5)63(67)57-55-53-51-49-47-45-21-19-17-15-13-11-9-7-2/h8,10,14,16,20,22,24-25,27-28,30-31,33-34,36-37,55,57,62-63,67H,6-7,9,11-13,15,17-19,21,23,26,29,32,35,38-54,56,58-61H2,1-5H3,(H-,65,68,69,70)/p+1/b10-8-,16-14-,22-20-,25-24-,28-27-,31-30-,34-33-,37-36-,57-55+. The van der Waals surface area contributed by atoms with Crippen LogP contribution in [0.5, 0.6) is 0 Å². The van der Waals surface area contributed by atoms with Gasteiger partial charge in [-0.2, -0.15) is 0 Å². The maximum Gasteiger partial charge on any atom is 0.472 e. The third-order valence-electron chi connectivity index (χ3n) is 12.7.